The Bertz CT molecular complexity index is 1400. The van der Waals surface area contributed by atoms with E-state index in [1.165, 1.54) is 11.3 Å². The fourth-order valence-corrected chi connectivity index (χ4v) is 5.86. The topological polar surface area (TPSA) is 37.4 Å². The number of hydrogen-bond donors (Lipinski definition) is 0. The van der Waals surface area contributed by atoms with Gasteiger partial charge in [0.2, 0.25) is 5.91 Å². The van der Waals surface area contributed by atoms with Crippen molar-refractivity contribution in [1.29, 1.82) is 0 Å². The van der Waals surface area contributed by atoms with Crippen molar-refractivity contribution in [3.8, 4) is 0 Å². The summed E-state index contributed by atoms with van der Waals surface area (Å²) in [6, 6.07) is 19.7. The molecule has 3 aromatic carbocycles. The molecule has 2 heterocycles. The molecular formula is C24H14Cl3NO2S. The zero-order chi connectivity index (χ0) is 21.7. The lowest BCUT2D eigenvalue weighted by molar-refractivity contribution is -0.118. The minimum Gasteiger partial charge on any atom is -0.289 e. The number of hydrogen-bond acceptors (Lipinski definition) is 3. The van der Waals surface area contributed by atoms with Crippen molar-refractivity contribution in [2.75, 3.05) is 4.90 Å². The molecule has 7 heteroatoms. The van der Waals surface area contributed by atoms with Crippen LogP contribution in [0.15, 0.2) is 71.5 Å². The van der Waals surface area contributed by atoms with Crippen molar-refractivity contribution in [2.24, 2.45) is 0 Å². The molecule has 3 nitrogen and oxygen atoms in total. The van der Waals surface area contributed by atoms with Crippen LogP contribution in [0.3, 0.4) is 0 Å². The Morgan fingerprint density at radius 1 is 0.871 bits per heavy atom. The van der Waals surface area contributed by atoms with Crippen LogP contribution in [0.4, 0.5) is 10.7 Å². The molecule has 1 aromatic heterocycles. The highest BCUT2D eigenvalue weighted by atomic mass is 35.5. The second kappa shape index (κ2) is 7.95. The van der Waals surface area contributed by atoms with Crippen LogP contribution in [0, 0.1) is 0 Å². The summed E-state index contributed by atoms with van der Waals surface area (Å²) < 4.78 is 0.764. The van der Waals surface area contributed by atoms with Gasteiger partial charge in [-0.15, -0.1) is 11.3 Å². The molecule has 0 spiro atoms. The summed E-state index contributed by atoms with van der Waals surface area (Å²) in [6.45, 7) is 0. The molecule has 1 atom stereocenters. The van der Waals surface area contributed by atoms with Crippen LogP contribution in [-0.4, -0.2) is 5.91 Å². The fourth-order valence-electron chi connectivity index (χ4n) is 4.01. The van der Waals surface area contributed by atoms with Gasteiger partial charge in [0.05, 0.1) is 0 Å². The van der Waals surface area contributed by atoms with E-state index in [2.05, 4.69) is 0 Å². The van der Waals surface area contributed by atoms with Crippen LogP contribution in [0.5, 0.6) is 0 Å². The van der Waals surface area contributed by atoms with Gasteiger partial charge < -0.3 is 0 Å². The molecule has 0 bridgehead atoms. The molecule has 0 unspecified atom stereocenters. The van der Waals surface area contributed by atoms with Crippen LogP contribution < -0.4 is 10.3 Å². The second-order valence-electron chi connectivity index (χ2n) is 7.28. The summed E-state index contributed by atoms with van der Waals surface area (Å²) in [7, 11) is 0. The molecule has 0 fully saturated rings. The highest BCUT2D eigenvalue weighted by Gasteiger charge is 2.37. The molecule has 0 saturated heterocycles. The predicted molar refractivity (Wildman–Crippen MR) is 130 cm³/mol. The summed E-state index contributed by atoms with van der Waals surface area (Å²) >= 11 is 20.3. The van der Waals surface area contributed by atoms with E-state index >= 15 is 0 Å². The van der Waals surface area contributed by atoms with Gasteiger partial charge in [-0.2, -0.15) is 0 Å². The van der Waals surface area contributed by atoms with Gasteiger partial charge in [0.15, 0.2) is 5.43 Å². The Balaban J connectivity index is 1.85. The van der Waals surface area contributed by atoms with Gasteiger partial charge in [-0.1, -0.05) is 53.0 Å². The van der Waals surface area contributed by atoms with Crippen LogP contribution in [0.1, 0.15) is 23.5 Å². The number of rotatable bonds is 2. The number of halogens is 3. The van der Waals surface area contributed by atoms with E-state index in [4.69, 9.17) is 34.8 Å². The maximum absolute atomic E-state index is 13.7. The van der Waals surface area contributed by atoms with Gasteiger partial charge in [0.1, 0.15) is 5.00 Å². The summed E-state index contributed by atoms with van der Waals surface area (Å²) in [4.78, 5) is 28.7. The summed E-state index contributed by atoms with van der Waals surface area (Å²) in [6.07, 6.45) is 0.107. The number of benzene rings is 3. The first kappa shape index (κ1) is 20.5. The maximum atomic E-state index is 13.7. The Morgan fingerprint density at radius 3 is 2.35 bits per heavy atom. The number of para-hydroxylation sites is 1. The average molecular weight is 487 g/mol. The first-order valence-corrected chi connectivity index (χ1v) is 11.5. The Labute approximate surface area is 197 Å². The molecule has 4 aromatic rings. The molecule has 1 aliphatic heterocycles. The van der Waals surface area contributed by atoms with E-state index in [0.29, 0.717) is 42.3 Å². The normalized spacial score (nSPS) is 15.9. The second-order valence-corrected chi connectivity index (χ2v) is 9.59. The van der Waals surface area contributed by atoms with E-state index in [9.17, 15) is 9.59 Å². The standard InChI is InChI=1S/C24H14Cl3NO2S/c25-13-6-8-19(27)16(10-13)17-12-21(29)28(15-4-2-1-3-5-15)24-22(17)23(30)18-11-14(26)7-9-20(18)31-24/h1-11,17H,12H2/t17-/m1/s1. The van der Waals surface area contributed by atoms with Gasteiger partial charge in [-0.3, -0.25) is 14.5 Å². The smallest absolute Gasteiger partial charge is 0.233 e. The van der Waals surface area contributed by atoms with Crippen LogP contribution >= 0.6 is 46.1 Å². The van der Waals surface area contributed by atoms with E-state index in [-0.39, 0.29) is 17.8 Å². The zero-order valence-electron chi connectivity index (χ0n) is 15.9. The van der Waals surface area contributed by atoms with Crippen molar-refractivity contribution in [1.82, 2.24) is 0 Å². The van der Waals surface area contributed by atoms with Crippen molar-refractivity contribution in [3.63, 3.8) is 0 Å². The summed E-state index contributed by atoms with van der Waals surface area (Å²) in [5.41, 5.74) is 1.77. The third-order valence-corrected chi connectivity index (χ3v) is 7.38. The Morgan fingerprint density at radius 2 is 1.58 bits per heavy atom. The lowest BCUT2D eigenvalue weighted by atomic mass is 9.85. The summed E-state index contributed by atoms with van der Waals surface area (Å²) in [5, 5.41) is 2.58. The molecular weight excluding hydrogens is 473 g/mol. The maximum Gasteiger partial charge on any atom is 0.233 e. The molecule has 0 radical (unpaired) electrons. The fraction of sp³-hybridized carbons (Fsp3) is 0.0833. The first-order chi connectivity index (χ1) is 14.9. The minimum absolute atomic E-state index is 0.107. The zero-order valence-corrected chi connectivity index (χ0v) is 19.0. The SMILES string of the molecule is O=C1C[C@H](c2cc(Cl)ccc2Cl)c2c(sc3ccc(Cl)cc3c2=O)N1c1ccccc1. The number of carbonyl (C=O) groups is 1. The molecule has 0 aliphatic carbocycles. The van der Waals surface area contributed by atoms with Crippen LogP contribution in [-0.2, 0) is 4.79 Å². The first-order valence-electron chi connectivity index (χ1n) is 9.53. The molecule has 31 heavy (non-hydrogen) atoms. The molecule has 0 N–H and O–H groups in total. The largest absolute Gasteiger partial charge is 0.289 e. The number of anilines is 2. The molecule has 1 amide bonds. The lowest BCUT2D eigenvalue weighted by Gasteiger charge is -2.33. The third kappa shape index (κ3) is 3.54. The number of carbonyl (C=O) groups excluding carboxylic acids is 1. The van der Waals surface area contributed by atoms with Crippen molar-refractivity contribution >= 4 is 72.8 Å². The number of amides is 1. The highest BCUT2D eigenvalue weighted by molar-refractivity contribution is 7.22. The molecule has 5 rings (SSSR count). The third-order valence-electron chi connectivity index (χ3n) is 5.40. The predicted octanol–water partition coefficient (Wildman–Crippen LogP) is 7.42. The van der Waals surface area contributed by atoms with Crippen LogP contribution in [0.25, 0.3) is 10.1 Å². The number of nitrogens with zero attached hydrogens (tertiary/aromatic N) is 1. The summed E-state index contributed by atoms with van der Waals surface area (Å²) in [5.74, 6) is -0.607. The van der Waals surface area contributed by atoms with Gasteiger partial charge >= 0.3 is 0 Å². The highest BCUT2D eigenvalue weighted by Crippen LogP contribution is 2.47. The van der Waals surface area contributed by atoms with Gasteiger partial charge in [-0.25, -0.2) is 0 Å². The Hall–Kier alpha value is -2.37. The van der Waals surface area contributed by atoms with E-state index in [1.807, 2.05) is 36.4 Å². The molecule has 1 aliphatic rings. The minimum atomic E-state index is -0.499. The van der Waals surface area contributed by atoms with Crippen molar-refractivity contribution < 1.29 is 4.79 Å². The van der Waals surface area contributed by atoms with E-state index in [0.717, 1.165) is 4.70 Å². The van der Waals surface area contributed by atoms with E-state index in [1.54, 1.807) is 35.2 Å². The quantitative estimate of drug-likeness (QED) is 0.295. The van der Waals surface area contributed by atoms with Gasteiger partial charge in [0, 0.05) is 48.7 Å². The number of fused-ring (bicyclic) bond motifs is 2. The van der Waals surface area contributed by atoms with Crippen LogP contribution in [0.2, 0.25) is 15.1 Å². The molecule has 154 valence electrons. The van der Waals surface area contributed by atoms with Crippen molar-refractivity contribution in [3.05, 3.63) is 103 Å². The van der Waals surface area contributed by atoms with Crippen molar-refractivity contribution in [2.45, 2.75) is 12.3 Å². The molecule has 0 saturated carbocycles. The average Bonchev–Trinajstić information content (AvgIpc) is 2.76. The Kier molecular flexibility index (Phi) is 5.27. The van der Waals surface area contributed by atoms with Gasteiger partial charge in [-0.05, 0) is 54.1 Å². The lowest BCUT2D eigenvalue weighted by Crippen LogP contribution is -2.35. The monoisotopic (exact) mass is 485 g/mol. The van der Waals surface area contributed by atoms with E-state index < -0.39 is 5.92 Å². The van der Waals surface area contributed by atoms with Gasteiger partial charge in [0.25, 0.3) is 0 Å².